The molecule has 2 aromatic carbocycles. The molecule has 0 saturated carbocycles. The number of hydrogen-bond donors (Lipinski definition) is 1. The molecule has 0 aliphatic heterocycles. The molecule has 0 radical (unpaired) electrons. The molecule has 0 aliphatic carbocycles. The van der Waals surface area contributed by atoms with Gasteiger partial charge in [0.25, 0.3) is 0 Å². The van der Waals surface area contributed by atoms with Crippen molar-refractivity contribution in [2.24, 2.45) is 0 Å². The van der Waals surface area contributed by atoms with Crippen LogP contribution in [0.5, 0.6) is 0 Å². The number of halogens is 2. The number of aromatic nitrogens is 1. The molecular formula is C14H10ClFN2O. The highest BCUT2D eigenvalue weighted by atomic mass is 35.5. The van der Waals surface area contributed by atoms with Gasteiger partial charge in [-0.05, 0) is 18.2 Å². The molecule has 3 nitrogen and oxygen atoms in total. The van der Waals surface area contributed by atoms with Crippen molar-refractivity contribution in [3.63, 3.8) is 0 Å². The van der Waals surface area contributed by atoms with Crippen LogP contribution >= 0.6 is 11.6 Å². The second-order valence-electron chi connectivity index (χ2n) is 4.05. The predicted molar refractivity (Wildman–Crippen MR) is 74.0 cm³/mol. The van der Waals surface area contributed by atoms with Crippen LogP contribution in [-0.4, -0.2) is 12.0 Å². The first-order chi connectivity index (χ1) is 9.19. The fourth-order valence-electron chi connectivity index (χ4n) is 1.93. The Hall–Kier alpha value is -2.07. The summed E-state index contributed by atoms with van der Waals surface area (Å²) in [6.45, 7) is 0. The number of anilines is 1. The molecule has 1 heterocycles. The van der Waals surface area contributed by atoms with Gasteiger partial charge in [0, 0.05) is 18.8 Å². The van der Waals surface area contributed by atoms with Crippen LogP contribution in [0.2, 0.25) is 5.02 Å². The molecule has 3 rings (SSSR count). The minimum Gasteiger partial charge on any atom is -0.436 e. The fraction of sp³-hybridized carbons (Fsp3) is 0.0714. The van der Waals surface area contributed by atoms with Gasteiger partial charge in [-0.2, -0.15) is 0 Å². The quantitative estimate of drug-likeness (QED) is 0.757. The van der Waals surface area contributed by atoms with Crippen LogP contribution in [-0.2, 0) is 0 Å². The van der Waals surface area contributed by atoms with E-state index < -0.39 is 5.82 Å². The summed E-state index contributed by atoms with van der Waals surface area (Å²) in [5.41, 5.74) is 2.62. The van der Waals surface area contributed by atoms with Crippen molar-refractivity contribution in [1.82, 2.24) is 4.98 Å². The third-order valence-electron chi connectivity index (χ3n) is 2.86. The van der Waals surface area contributed by atoms with Crippen LogP contribution in [0.25, 0.3) is 22.6 Å². The van der Waals surface area contributed by atoms with Crippen LogP contribution in [0.3, 0.4) is 0 Å². The molecule has 0 aliphatic rings. The van der Waals surface area contributed by atoms with Crippen molar-refractivity contribution < 1.29 is 8.81 Å². The summed E-state index contributed by atoms with van der Waals surface area (Å²) in [5.74, 6) is -0.0830. The second kappa shape index (κ2) is 4.55. The van der Waals surface area contributed by atoms with Crippen molar-refractivity contribution >= 4 is 28.4 Å². The van der Waals surface area contributed by atoms with Gasteiger partial charge >= 0.3 is 0 Å². The van der Waals surface area contributed by atoms with Gasteiger partial charge in [0.2, 0.25) is 5.89 Å². The Kier molecular flexibility index (Phi) is 2.87. The topological polar surface area (TPSA) is 38.1 Å². The average molecular weight is 277 g/mol. The van der Waals surface area contributed by atoms with E-state index in [1.165, 1.54) is 12.1 Å². The summed E-state index contributed by atoms with van der Waals surface area (Å²) in [5, 5.41) is 3.10. The van der Waals surface area contributed by atoms with Crippen LogP contribution in [0.15, 0.2) is 40.8 Å². The maximum Gasteiger partial charge on any atom is 0.229 e. The Bertz CT molecular complexity index is 715. The zero-order chi connectivity index (χ0) is 13.4. The molecule has 0 atom stereocenters. The number of hydrogen-bond acceptors (Lipinski definition) is 3. The SMILES string of the molecule is CNc1ccccc1-c1nc2cc(Cl)c(F)cc2o1. The molecule has 0 fully saturated rings. The summed E-state index contributed by atoms with van der Waals surface area (Å²) < 4.78 is 19.0. The van der Waals surface area contributed by atoms with Crippen LogP contribution in [0, 0.1) is 5.82 Å². The molecule has 3 aromatic rings. The summed E-state index contributed by atoms with van der Waals surface area (Å²) in [7, 11) is 1.82. The molecule has 1 N–H and O–H groups in total. The molecule has 0 saturated heterocycles. The number of rotatable bonds is 2. The maximum absolute atomic E-state index is 13.4. The number of nitrogens with one attached hydrogen (secondary N) is 1. The molecule has 0 bridgehead atoms. The number of para-hydroxylation sites is 1. The van der Waals surface area contributed by atoms with E-state index in [1.807, 2.05) is 31.3 Å². The number of benzene rings is 2. The Morgan fingerprint density at radius 3 is 2.84 bits per heavy atom. The molecule has 19 heavy (non-hydrogen) atoms. The van der Waals surface area contributed by atoms with E-state index in [4.69, 9.17) is 16.0 Å². The van der Waals surface area contributed by atoms with E-state index in [2.05, 4.69) is 10.3 Å². The summed E-state index contributed by atoms with van der Waals surface area (Å²) in [4.78, 5) is 4.34. The Labute approximate surface area is 114 Å². The lowest BCUT2D eigenvalue weighted by molar-refractivity contribution is 0.602. The standard InChI is InChI=1S/C14H10ClFN2O/c1-17-11-5-3-2-4-8(11)14-18-12-6-9(15)10(16)7-13(12)19-14/h2-7,17H,1H3. The van der Waals surface area contributed by atoms with Crippen LogP contribution in [0.1, 0.15) is 0 Å². The normalized spacial score (nSPS) is 10.9. The Balaban J connectivity index is 2.20. The highest BCUT2D eigenvalue weighted by molar-refractivity contribution is 6.31. The van der Waals surface area contributed by atoms with Crippen molar-refractivity contribution in [2.45, 2.75) is 0 Å². The van der Waals surface area contributed by atoms with Gasteiger partial charge in [0.15, 0.2) is 5.58 Å². The van der Waals surface area contributed by atoms with Gasteiger partial charge in [0.05, 0.1) is 10.6 Å². The average Bonchev–Trinajstić information content (AvgIpc) is 2.82. The smallest absolute Gasteiger partial charge is 0.229 e. The van der Waals surface area contributed by atoms with Crippen molar-refractivity contribution in [3.05, 3.63) is 47.2 Å². The highest BCUT2D eigenvalue weighted by Gasteiger charge is 2.13. The lowest BCUT2D eigenvalue weighted by Gasteiger charge is -2.04. The lowest BCUT2D eigenvalue weighted by atomic mass is 10.2. The maximum atomic E-state index is 13.4. The van der Waals surface area contributed by atoms with E-state index >= 15 is 0 Å². The first-order valence-electron chi connectivity index (χ1n) is 5.72. The number of oxazole rings is 1. The van der Waals surface area contributed by atoms with Gasteiger partial charge in [-0.15, -0.1) is 0 Å². The second-order valence-corrected chi connectivity index (χ2v) is 4.46. The van der Waals surface area contributed by atoms with Gasteiger partial charge in [-0.3, -0.25) is 0 Å². The monoisotopic (exact) mass is 276 g/mol. The largest absolute Gasteiger partial charge is 0.436 e. The summed E-state index contributed by atoms with van der Waals surface area (Å²) in [6.07, 6.45) is 0. The predicted octanol–water partition coefficient (Wildman–Crippen LogP) is 4.33. The first kappa shape index (κ1) is 12.0. The molecule has 0 spiro atoms. The van der Waals surface area contributed by atoms with Gasteiger partial charge in [0.1, 0.15) is 11.3 Å². The Morgan fingerprint density at radius 2 is 2.05 bits per heavy atom. The number of nitrogens with zero attached hydrogens (tertiary/aromatic N) is 1. The van der Waals surface area contributed by atoms with E-state index in [0.29, 0.717) is 17.0 Å². The van der Waals surface area contributed by atoms with Crippen LogP contribution in [0.4, 0.5) is 10.1 Å². The minimum atomic E-state index is -0.515. The molecule has 1 aromatic heterocycles. The minimum absolute atomic E-state index is 0.0363. The zero-order valence-corrected chi connectivity index (χ0v) is 10.8. The van der Waals surface area contributed by atoms with Gasteiger partial charge in [-0.1, -0.05) is 23.7 Å². The molecule has 0 unspecified atom stereocenters. The van der Waals surface area contributed by atoms with Crippen molar-refractivity contribution in [1.29, 1.82) is 0 Å². The van der Waals surface area contributed by atoms with Crippen LogP contribution < -0.4 is 5.32 Å². The van der Waals surface area contributed by atoms with E-state index in [0.717, 1.165) is 11.3 Å². The Morgan fingerprint density at radius 1 is 1.26 bits per heavy atom. The van der Waals surface area contributed by atoms with Crippen molar-refractivity contribution in [3.8, 4) is 11.5 Å². The molecule has 96 valence electrons. The summed E-state index contributed by atoms with van der Waals surface area (Å²) in [6, 6.07) is 10.3. The van der Waals surface area contributed by atoms with E-state index in [9.17, 15) is 4.39 Å². The highest BCUT2D eigenvalue weighted by Crippen LogP contribution is 2.31. The molecule has 0 amide bonds. The fourth-order valence-corrected chi connectivity index (χ4v) is 2.08. The van der Waals surface area contributed by atoms with Crippen molar-refractivity contribution in [2.75, 3.05) is 12.4 Å². The summed E-state index contributed by atoms with van der Waals surface area (Å²) >= 11 is 5.73. The first-order valence-corrected chi connectivity index (χ1v) is 6.09. The zero-order valence-electron chi connectivity index (χ0n) is 10.1. The van der Waals surface area contributed by atoms with E-state index in [-0.39, 0.29) is 5.02 Å². The molecule has 5 heteroatoms. The van der Waals surface area contributed by atoms with Gasteiger partial charge < -0.3 is 9.73 Å². The molecular weight excluding hydrogens is 267 g/mol. The number of fused-ring (bicyclic) bond motifs is 1. The third kappa shape index (κ3) is 2.04. The van der Waals surface area contributed by atoms with Gasteiger partial charge in [-0.25, -0.2) is 9.37 Å². The van der Waals surface area contributed by atoms with E-state index in [1.54, 1.807) is 0 Å². The lowest BCUT2D eigenvalue weighted by Crippen LogP contribution is -1.91. The third-order valence-corrected chi connectivity index (χ3v) is 3.15.